The van der Waals surface area contributed by atoms with Crippen molar-refractivity contribution in [2.75, 3.05) is 37.4 Å². The number of benzene rings is 2. The van der Waals surface area contributed by atoms with E-state index in [2.05, 4.69) is 31.6 Å². The predicted molar refractivity (Wildman–Crippen MR) is 144 cm³/mol. The maximum absolute atomic E-state index is 13.4. The Morgan fingerprint density at radius 2 is 2.00 bits per heavy atom. The van der Waals surface area contributed by atoms with Crippen LogP contribution in [0.15, 0.2) is 61.1 Å². The van der Waals surface area contributed by atoms with Crippen molar-refractivity contribution < 1.29 is 18.7 Å². The number of halogens is 1. The van der Waals surface area contributed by atoms with Gasteiger partial charge in [0.15, 0.2) is 11.5 Å². The lowest BCUT2D eigenvalue weighted by Gasteiger charge is -2.16. The van der Waals surface area contributed by atoms with Crippen LogP contribution in [-0.4, -0.2) is 52.6 Å². The third-order valence-electron chi connectivity index (χ3n) is 5.67. The second kappa shape index (κ2) is 12.4. The van der Waals surface area contributed by atoms with Gasteiger partial charge in [-0.15, -0.1) is 0 Å². The fraction of sp³-hybridized carbons (Fsp3) is 0.214. The maximum Gasteiger partial charge on any atom is 0.256 e. The van der Waals surface area contributed by atoms with Gasteiger partial charge in [-0.3, -0.25) is 4.79 Å². The molecule has 0 spiro atoms. The first-order chi connectivity index (χ1) is 18.5. The summed E-state index contributed by atoms with van der Waals surface area (Å²) in [5.41, 5.74) is 1.51. The minimum absolute atomic E-state index is 0.203. The van der Waals surface area contributed by atoms with E-state index in [4.69, 9.17) is 15.9 Å². The summed E-state index contributed by atoms with van der Waals surface area (Å²) in [6.45, 7) is 4.00. The minimum atomic E-state index is -0.485. The Morgan fingerprint density at radius 3 is 2.71 bits per heavy atom. The van der Waals surface area contributed by atoms with Crippen molar-refractivity contribution in [3.05, 3.63) is 72.4 Å². The van der Waals surface area contributed by atoms with Crippen LogP contribution < -0.4 is 20.1 Å². The molecule has 194 valence electrons. The summed E-state index contributed by atoms with van der Waals surface area (Å²) < 4.78 is 24.9. The summed E-state index contributed by atoms with van der Waals surface area (Å²) in [7, 11) is 1.57. The van der Waals surface area contributed by atoms with E-state index in [9.17, 15) is 9.18 Å². The van der Waals surface area contributed by atoms with Gasteiger partial charge < -0.3 is 25.0 Å². The summed E-state index contributed by atoms with van der Waals surface area (Å²) in [4.78, 5) is 27.2. The molecule has 0 atom stereocenters. The first-order valence-corrected chi connectivity index (χ1v) is 12.0. The molecule has 0 saturated heterocycles. The highest BCUT2D eigenvalue weighted by atomic mass is 19.1. The van der Waals surface area contributed by atoms with Crippen LogP contribution in [0.1, 0.15) is 23.7 Å². The molecule has 10 heteroatoms. The van der Waals surface area contributed by atoms with Gasteiger partial charge in [-0.2, -0.15) is 0 Å². The standard InChI is InChI=1S/C28H27FN6O3/c1-4-35(5-2)12-7-13-38-25-16-23-22(15-24(25)37-3)27(32-18-31-23)33-21-10-11-26(30-17-21)34-28(36)19-8-6-9-20(29)14-19/h1,6,8-11,14-18H,5,7,12-13H2,2-3H3,(H,30,34,36)(H,31,32,33). The van der Waals surface area contributed by atoms with Crippen LogP contribution in [0.4, 0.5) is 21.7 Å². The number of hydrogen-bond donors (Lipinski definition) is 2. The van der Waals surface area contributed by atoms with Gasteiger partial charge in [-0.05, 0) is 49.7 Å². The highest BCUT2D eigenvalue weighted by molar-refractivity contribution is 6.03. The average molecular weight is 515 g/mol. The zero-order chi connectivity index (χ0) is 26.9. The highest BCUT2D eigenvalue weighted by Gasteiger charge is 2.13. The lowest BCUT2D eigenvalue weighted by atomic mass is 10.2. The van der Waals surface area contributed by atoms with E-state index in [1.807, 2.05) is 24.0 Å². The number of aromatic nitrogens is 3. The number of terminal acetylenes is 1. The molecule has 4 rings (SSSR count). The van der Waals surface area contributed by atoms with Crippen LogP contribution in [0.5, 0.6) is 11.5 Å². The summed E-state index contributed by atoms with van der Waals surface area (Å²) in [5.74, 6) is 1.06. The Hall–Kier alpha value is -4.91. The molecule has 2 aromatic heterocycles. The zero-order valence-electron chi connectivity index (χ0n) is 21.1. The molecule has 0 unspecified atom stereocenters. The van der Waals surface area contributed by atoms with Crippen molar-refractivity contribution in [2.45, 2.75) is 13.3 Å². The molecule has 0 bridgehead atoms. The van der Waals surface area contributed by atoms with Crippen molar-refractivity contribution in [3.8, 4) is 24.0 Å². The molecule has 9 nitrogen and oxygen atoms in total. The van der Waals surface area contributed by atoms with Gasteiger partial charge in [0.05, 0.1) is 31.1 Å². The molecule has 0 aliphatic carbocycles. The Kier molecular flexibility index (Phi) is 8.51. The van der Waals surface area contributed by atoms with Gasteiger partial charge in [-0.25, -0.2) is 19.3 Å². The zero-order valence-corrected chi connectivity index (χ0v) is 21.1. The Morgan fingerprint density at radius 1 is 1.13 bits per heavy atom. The first kappa shape index (κ1) is 26.2. The molecular formula is C28H27FN6O3. The number of amides is 1. The van der Waals surface area contributed by atoms with Gasteiger partial charge in [0.25, 0.3) is 5.91 Å². The van der Waals surface area contributed by atoms with Crippen molar-refractivity contribution in [1.82, 2.24) is 19.9 Å². The van der Waals surface area contributed by atoms with Crippen LogP contribution >= 0.6 is 0 Å². The third kappa shape index (κ3) is 6.44. The summed E-state index contributed by atoms with van der Waals surface area (Å²) in [6.07, 6.45) is 9.24. The smallest absolute Gasteiger partial charge is 0.256 e. The number of ether oxygens (including phenoxy) is 2. The lowest BCUT2D eigenvalue weighted by molar-refractivity contribution is 0.102. The van der Waals surface area contributed by atoms with Crippen LogP contribution in [0.25, 0.3) is 10.9 Å². The summed E-state index contributed by atoms with van der Waals surface area (Å²) >= 11 is 0. The molecule has 1 amide bonds. The minimum Gasteiger partial charge on any atom is -0.493 e. The average Bonchev–Trinajstić information content (AvgIpc) is 2.94. The second-order valence-electron chi connectivity index (χ2n) is 8.17. The molecule has 0 aliphatic rings. The van der Waals surface area contributed by atoms with Gasteiger partial charge in [0.2, 0.25) is 0 Å². The van der Waals surface area contributed by atoms with Crippen molar-refractivity contribution in [2.24, 2.45) is 0 Å². The van der Waals surface area contributed by atoms with Gasteiger partial charge in [-0.1, -0.05) is 12.5 Å². The van der Waals surface area contributed by atoms with Crippen molar-refractivity contribution in [3.63, 3.8) is 0 Å². The number of fused-ring (bicyclic) bond motifs is 1. The van der Waals surface area contributed by atoms with E-state index in [1.54, 1.807) is 25.4 Å². The Bertz CT molecular complexity index is 1460. The molecule has 4 aromatic rings. The van der Waals surface area contributed by atoms with Crippen molar-refractivity contribution >= 4 is 34.1 Å². The van der Waals surface area contributed by atoms with E-state index in [0.29, 0.717) is 40.9 Å². The molecule has 0 fully saturated rings. The molecule has 2 aromatic carbocycles. The number of carbonyl (C=O) groups excluding carboxylic acids is 1. The van der Waals surface area contributed by atoms with Crippen LogP contribution in [0.3, 0.4) is 0 Å². The van der Waals surface area contributed by atoms with Crippen LogP contribution in [0, 0.1) is 18.3 Å². The van der Waals surface area contributed by atoms with Crippen LogP contribution in [-0.2, 0) is 0 Å². The molecule has 2 N–H and O–H groups in total. The third-order valence-corrected chi connectivity index (χ3v) is 5.67. The van der Waals surface area contributed by atoms with E-state index >= 15 is 0 Å². The lowest BCUT2D eigenvalue weighted by Crippen LogP contribution is -2.20. The Labute approximate surface area is 220 Å². The molecule has 2 heterocycles. The van der Waals surface area contributed by atoms with Gasteiger partial charge in [0.1, 0.15) is 23.8 Å². The first-order valence-electron chi connectivity index (χ1n) is 12.0. The summed E-state index contributed by atoms with van der Waals surface area (Å²) in [6, 6.07) is 15.1. The number of nitrogens with zero attached hydrogens (tertiary/aromatic N) is 4. The summed E-state index contributed by atoms with van der Waals surface area (Å²) in [5, 5.41) is 6.59. The molecular weight excluding hydrogens is 487 g/mol. The van der Waals surface area contributed by atoms with E-state index in [1.165, 1.54) is 24.5 Å². The predicted octanol–water partition coefficient (Wildman–Crippen LogP) is 4.85. The molecule has 38 heavy (non-hydrogen) atoms. The largest absolute Gasteiger partial charge is 0.493 e. The fourth-order valence-corrected chi connectivity index (χ4v) is 3.68. The SMILES string of the molecule is C#CN(CC)CCCOc1cc2ncnc(Nc3ccc(NC(=O)c4cccc(F)c4)nc3)c2cc1OC. The number of pyridine rings is 1. The fourth-order valence-electron chi connectivity index (χ4n) is 3.68. The van der Waals surface area contributed by atoms with E-state index < -0.39 is 11.7 Å². The quantitative estimate of drug-likeness (QED) is 0.166. The van der Waals surface area contributed by atoms with E-state index in [-0.39, 0.29) is 5.56 Å². The number of nitrogens with one attached hydrogen (secondary N) is 2. The van der Waals surface area contributed by atoms with Crippen LogP contribution in [0.2, 0.25) is 0 Å². The number of anilines is 3. The number of hydrogen-bond acceptors (Lipinski definition) is 8. The van der Waals surface area contributed by atoms with Gasteiger partial charge >= 0.3 is 0 Å². The monoisotopic (exact) mass is 514 g/mol. The second-order valence-corrected chi connectivity index (χ2v) is 8.17. The normalized spacial score (nSPS) is 10.5. The number of carbonyl (C=O) groups is 1. The molecule has 0 aliphatic heterocycles. The molecule has 0 saturated carbocycles. The maximum atomic E-state index is 13.4. The Balaban J connectivity index is 1.45. The van der Waals surface area contributed by atoms with Gasteiger partial charge in [0, 0.05) is 36.1 Å². The van der Waals surface area contributed by atoms with Crippen molar-refractivity contribution in [1.29, 1.82) is 0 Å². The highest BCUT2D eigenvalue weighted by Crippen LogP contribution is 2.34. The number of methoxy groups -OCH3 is 1. The van der Waals surface area contributed by atoms with E-state index in [0.717, 1.165) is 31.0 Å². The number of rotatable bonds is 11. The topological polar surface area (TPSA) is 102 Å². The molecule has 0 radical (unpaired) electrons.